The van der Waals surface area contributed by atoms with Gasteiger partial charge in [0.2, 0.25) is 0 Å². The second-order valence-corrected chi connectivity index (χ2v) is 8.02. The van der Waals surface area contributed by atoms with Crippen molar-refractivity contribution >= 4 is 23.0 Å². The predicted molar refractivity (Wildman–Crippen MR) is 111 cm³/mol. The summed E-state index contributed by atoms with van der Waals surface area (Å²) < 4.78 is 0. The molecule has 0 bridgehead atoms. The number of guanidine groups is 1. The number of aromatic nitrogens is 1. The highest BCUT2D eigenvalue weighted by molar-refractivity contribution is 7.11. The van der Waals surface area contributed by atoms with Gasteiger partial charge in [-0.3, -0.25) is 0 Å². The molecule has 1 saturated heterocycles. The first-order valence-electron chi connectivity index (χ1n) is 9.46. The molecular weight excluding hydrogens is 342 g/mol. The second-order valence-electron chi connectivity index (χ2n) is 6.70. The molecular formula is C20H29N5S. The van der Waals surface area contributed by atoms with Crippen molar-refractivity contribution in [2.45, 2.75) is 46.2 Å². The van der Waals surface area contributed by atoms with E-state index in [1.165, 1.54) is 42.1 Å². The van der Waals surface area contributed by atoms with Gasteiger partial charge in [0.25, 0.3) is 0 Å². The molecule has 2 heterocycles. The van der Waals surface area contributed by atoms with Crippen molar-refractivity contribution < 1.29 is 0 Å². The summed E-state index contributed by atoms with van der Waals surface area (Å²) in [6.45, 7) is 10.1. The van der Waals surface area contributed by atoms with Crippen molar-refractivity contribution in [3.05, 3.63) is 45.9 Å². The molecule has 0 amide bonds. The van der Waals surface area contributed by atoms with Gasteiger partial charge >= 0.3 is 0 Å². The first-order chi connectivity index (χ1) is 12.7. The Morgan fingerprint density at radius 1 is 1.35 bits per heavy atom. The van der Waals surface area contributed by atoms with Crippen molar-refractivity contribution in [2.75, 3.05) is 24.5 Å². The molecule has 1 aliphatic heterocycles. The maximum atomic E-state index is 4.72. The van der Waals surface area contributed by atoms with Gasteiger partial charge in [-0.25, -0.2) is 9.98 Å². The van der Waals surface area contributed by atoms with E-state index in [1.807, 2.05) is 13.1 Å². The van der Waals surface area contributed by atoms with Crippen molar-refractivity contribution in [1.82, 2.24) is 15.6 Å². The number of anilines is 1. The molecule has 5 nitrogen and oxygen atoms in total. The molecule has 0 saturated carbocycles. The van der Waals surface area contributed by atoms with Crippen LogP contribution < -0.4 is 15.5 Å². The molecule has 1 aromatic carbocycles. The molecule has 1 aromatic heterocycles. The fraction of sp³-hybridized carbons (Fsp3) is 0.500. The Morgan fingerprint density at radius 2 is 2.15 bits per heavy atom. The van der Waals surface area contributed by atoms with Crippen molar-refractivity contribution in [3.8, 4) is 0 Å². The molecule has 3 rings (SSSR count). The Kier molecular flexibility index (Phi) is 6.50. The minimum absolute atomic E-state index is 0.193. The molecule has 0 aliphatic carbocycles. The molecule has 1 aliphatic rings. The van der Waals surface area contributed by atoms with Crippen LogP contribution in [-0.2, 0) is 6.54 Å². The molecule has 6 heteroatoms. The minimum Gasteiger partial charge on any atom is -0.372 e. The average Bonchev–Trinajstić information content (AvgIpc) is 3.32. The molecule has 140 valence electrons. The highest BCUT2D eigenvalue weighted by Gasteiger charge is 2.14. The second kappa shape index (κ2) is 9.03. The zero-order valence-electron chi connectivity index (χ0n) is 16.0. The summed E-state index contributed by atoms with van der Waals surface area (Å²) in [5, 5.41) is 7.96. The van der Waals surface area contributed by atoms with Crippen LogP contribution in [0, 0.1) is 6.92 Å². The first-order valence-corrected chi connectivity index (χ1v) is 10.3. The maximum absolute atomic E-state index is 4.72. The van der Waals surface area contributed by atoms with E-state index in [-0.39, 0.29) is 6.04 Å². The van der Waals surface area contributed by atoms with E-state index in [0.29, 0.717) is 6.54 Å². The van der Waals surface area contributed by atoms with Gasteiger partial charge in [-0.2, -0.15) is 0 Å². The van der Waals surface area contributed by atoms with Crippen LogP contribution in [0.5, 0.6) is 0 Å². The van der Waals surface area contributed by atoms with E-state index in [4.69, 9.17) is 4.99 Å². The van der Waals surface area contributed by atoms with Crippen LogP contribution in [0.15, 0.2) is 35.5 Å². The number of thiazole rings is 1. The number of rotatable bonds is 6. The van der Waals surface area contributed by atoms with E-state index < -0.39 is 0 Å². The zero-order chi connectivity index (χ0) is 18.4. The minimum atomic E-state index is 0.193. The number of aliphatic imine (C=N–C) groups is 1. The molecule has 1 unspecified atom stereocenters. The number of nitrogens with one attached hydrogen (secondary N) is 2. The van der Waals surface area contributed by atoms with Crippen molar-refractivity contribution in [2.24, 2.45) is 4.99 Å². The Morgan fingerprint density at radius 3 is 2.85 bits per heavy atom. The monoisotopic (exact) mass is 371 g/mol. The lowest BCUT2D eigenvalue weighted by Gasteiger charge is -2.22. The Hall–Kier alpha value is -2.08. The molecule has 2 aromatic rings. The lowest BCUT2D eigenvalue weighted by Crippen LogP contribution is -2.38. The van der Waals surface area contributed by atoms with Gasteiger partial charge in [-0.05, 0) is 51.3 Å². The highest BCUT2D eigenvalue weighted by atomic mass is 32.1. The van der Waals surface area contributed by atoms with Gasteiger partial charge in [-0.1, -0.05) is 12.1 Å². The SMILES string of the molecule is CCNC(=NCc1cnc(C)s1)NC(C)c1cccc(N2CCCC2)c1. The zero-order valence-corrected chi connectivity index (χ0v) is 16.8. The van der Waals surface area contributed by atoms with Crippen LogP contribution in [0.2, 0.25) is 0 Å². The average molecular weight is 372 g/mol. The van der Waals surface area contributed by atoms with Gasteiger partial charge in [0.1, 0.15) is 0 Å². The Bertz CT molecular complexity index is 733. The quantitative estimate of drug-likeness (QED) is 0.598. The van der Waals surface area contributed by atoms with Crippen LogP contribution in [-0.4, -0.2) is 30.6 Å². The third kappa shape index (κ3) is 4.97. The lowest BCUT2D eigenvalue weighted by molar-refractivity contribution is 0.686. The normalized spacial score (nSPS) is 16.0. The van der Waals surface area contributed by atoms with E-state index in [9.17, 15) is 0 Å². The summed E-state index contributed by atoms with van der Waals surface area (Å²) in [6.07, 6.45) is 4.51. The largest absolute Gasteiger partial charge is 0.372 e. The molecule has 1 fully saturated rings. The molecule has 1 atom stereocenters. The van der Waals surface area contributed by atoms with Crippen LogP contribution in [0.25, 0.3) is 0 Å². The third-order valence-corrected chi connectivity index (χ3v) is 5.50. The number of aryl methyl sites for hydroxylation is 1. The summed E-state index contributed by atoms with van der Waals surface area (Å²) >= 11 is 1.70. The third-order valence-electron chi connectivity index (χ3n) is 4.60. The Balaban J connectivity index is 1.67. The fourth-order valence-corrected chi connectivity index (χ4v) is 3.93. The molecule has 2 N–H and O–H groups in total. The van der Waals surface area contributed by atoms with Crippen LogP contribution in [0.3, 0.4) is 0 Å². The summed E-state index contributed by atoms with van der Waals surface area (Å²) in [6, 6.07) is 9.06. The van der Waals surface area contributed by atoms with Crippen LogP contribution in [0.1, 0.15) is 48.2 Å². The van der Waals surface area contributed by atoms with Gasteiger partial charge in [0.05, 0.1) is 17.6 Å². The van der Waals surface area contributed by atoms with Gasteiger partial charge in [-0.15, -0.1) is 11.3 Å². The Labute approximate surface area is 160 Å². The number of hydrogen-bond acceptors (Lipinski definition) is 4. The maximum Gasteiger partial charge on any atom is 0.192 e. The van der Waals surface area contributed by atoms with Crippen molar-refractivity contribution in [1.29, 1.82) is 0 Å². The summed E-state index contributed by atoms with van der Waals surface area (Å²) in [4.78, 5) is 12.7. The highest BCUT2D eigenvalue weighted by Crippen LogP contribution is 2.24. The standard InChI is InChI=1S/C20H29N5S/c1-4-21-20(23-14-19-13-22-16(3)26-19)24-15(2)17-8-7-9-18(12-17)25-10-5-6-11-25/h7-9,12-13,15H,4-6,10-11,14H2,1-3H3,(H2,21,23,24). The topological polar surface area (TPSA) is 52.6 Å². The molecule has 0 radical (unpaired) electrons. The summed E-state index contributed by atoms with van der Waals surface area (Å²) in [7, 11) is 0. The molecule has 26 heavy (non-hydrogen) atoms. The van der Waals surface area contributed by atoms with E-state index in [1.54, 1.807) is 11.3 Å². The van der Waals surface area contributed by atoms with Crippen LogP contribution >= 0.6 is 11.3 Å². The smallest absolute Gasteiger partial charge is 0.192 e. The summed E-state index contributed by atoms with van der Waals surface area (Å²) in [5.74, 6) is 0.845. The molecule has 0 spiro atoms. The number of hydrogen-bond donors (Lipinski definition) is 2. The van der Waals surface area contributed by atoms with Gasteiger partial charge in [0.15, 0.2) is 5.96 Å². The predicted octanol–water partition coefficient (Wildman–Crippen LogP) is 3.87. The van der Waals surface area contributed by atoms with Crippen molar-refractivity contribution in [3.63, 3.8) is 0 Å². The van der Waals surface area contributed by atoms with E-state index in [2.05, 4.69) is 58.6 Å². The number of nitrogens with zero attached hydrogens (tertiary/aromatic N) is 3. The van der Waals surface area contributed by atoms with E-state index in [0.717, 1.165) is 17.5 Å². The van der Waals surface area contributed by atoms with Gasteiger partial charge < -0.3 is 15.5 Å². The lowest BCUT2D eigenvalue weighted by atomic mass is 10.1. The summed E-state index contributed by atoms with van der Waals surface area (Å²) in [5.41, 5.74) is 2.62. The van der Waals surface area contributed by atoms with Gasteiger partial charge in [0, 0.05) is 36.4 Å². The van der Waals surface area contributed by atoms with E-state index >= 15 is 0 Å². The fourth-order valence-electron chi connectivity index (χ4n) is 3.21. The first kappa shape index (κ1) is 18.7. The number of benzene rings is 1. The van der Waals surface area contributed by atoms with Crippen LogP contribution in [0.4, 0.5) is 5.69 Å².